The van der Waals surface area contributed by atoms with E-state index in [0.717, 1.165) is 43.5 Å². The van der Waals surface area contributed by atoms with Crippen LogP contribution >= 0.6 is 0 Å². The number of hydrogen-bond acceptors (Lipinski definition) is 3. The van der Waals surface area contributed by atoms with Gasteiger partial charge >= 0.3 is 5.97 Å². The van der Waals surface area contributed by atoms with Crippen LogP contribution in [0.15, 0.2) is 30.3 Å². The molecule has 0 aromatic heterocycles. The van der Waals surface area contributed by atoms with Gasteiger partial charge in [-0.2, -0.15) is 0 Å². The van der Waals surface area contributed by atoms with Crippen LogP contribution in [0.4, 0.5) is 0 Å². The number of carbonyl (C=O) groups is 1. The number of carboxylic acid groups (broad SMARTS) is 1. The van der Waals surface area contributed by atoms with Gasteiger partial charge < -0.3 is 15.1 Å². The van der Waals surface area contributed by atoms with Gasteiger partial charge in [0.05, 0.1) is 0 Å². The molecule has 0 heterocycles. The number of nitrogens with zero attached hydrogens (tertiary/aromatic N) is 1. The van der Waals surface area contributed by atoms with Crippen LogP contribution in [0, 0.1) is 0 Å². The highest BCUT2D eigenvalue weighted by Crippen LogP contribution is 2.13. The zero-order chi connectivity index (χ0) is 14.8. The number of hydrogen-bond donors (Lipinski definition) is 2. The number of unbranched alkanes of at least 4 members (excludes halogenated alkanes) is 2. The van der Waals surface area contributed by atoms with Gasteiger partial charge in [0.25, 0.3) is 0 Å². The summed E-state index contributed by atoms with van der Waals surface area (Å²) in [6.07, 6.45) is 5.74. The SMILES string of the molecule is CN(CCCCCO)Cc1ccccc1/C=C/C(=O)O. The van der Waals surface area contributed by atoms with Crippen molar-refractivity contribution in [3.05, 3.63) is 41.5 Å². The van der Waals surface area contributed by atoms with Crippen LogP contribution in [0.25, 0.3) is 6.08 Å². The molecule has 2 N–H and O–H groups in total. The van der Waals surface area contributed by atoms with Gasteiger partial charge in [0, 0.05) is 19.2 Å². The fourth-order valence-electron chi connectivity index (χ4n) is 2.04. The predicted molar refractivity (Wildman–Crippen MR) is 80.4 cm³/mol. The van der Waals surface area contributed by atoms with Crippen LogP contribution in [0.5, 0.6) is 0 Å². The topological polar surface area (TPSA) is 60.8 Å². The van der Waals surface area contributed by atoms with E-state index in [1.54, 1.807) is 6.08 Å². The molecule has 4 nitrogen and oxygen atoms in total. The van der Waals surface area contributed by atoms with Crippen molar-refractivity contribution in [2.75, 3.05) is 20.2 Å². The second-order valence-electron chi connectivity index (χ2n) is 4.89. The van der Waals surface area contributed by atoms with Gasteiger partial charge in [-0.25, -0.2) is 4.79 Å². The van der Waals surface area contributed by atoms with Crippen LogP contribution < -0.4 is 0 Å². The summed E-state index contributed by atoms with van der Waals surface area (Å²) in [4.78, 5) is 12.8. The van der Waals surface area contributed by atoms with Gasteiger partial charge in [-0.15, -0.1) is 0 Å². The third-order valence-electron chi connectivity index (χ3n) is 3.10. The van der Waals surface area contributed by atoms with E-state index >= 15 is 0 Å². The average Bonchev–Trinajstić information content (AvgIpc) is 2.42. The molecule has 0 fully saturated rings. The first-order valence-electron chi connectivity index (χ1n) is 6.92. The summed E-state index contributed by atoms with van der Waals surface area (Å²) in [5.74, 6) is -0.933. The summed E-state index contributed by atoms with van der Waals surface area (Å²) in [6, 6.07) is 7.82. The maximum absolute atomic E-state index is 10.6. The molecule has 1 aromatic rings. The Bertz CT molecular complexity index is 443. The minimum atomic E-state index is -0.933. The molecule has 4 heteroatoms. The van der Waals surface area contributed by atoms with Crippen molar-refractivity contribution >= 4 is 12.0 Å². The zero-order valence-electron chi connectivity index (χ0n) is 12.0. The molecular weight excluding hydrogens is 254 g/mol. The zero-order valence-corrected chi connectivity index (χ0v) is 12.0. The summed E-state index contributed by atoms with van der Waals surface area (Å²) >= 11 is 0. The minimum Gasteiger partial charge on any atom is -0.478 e. The van der Waals surface area contributed by atoms with Gasteiger partial charge in [-0.1, -0.05) is 24.3 Å². The summed E-state index contributed by atoms with van der Waals surface area (Å²) in [6.45, 7) is 2.02. The fourth-order valence-corrected chi connectivity index (χ4v) is 2.04. The van der Waals surface area contributed by atoms with Crippen LogP contribution in [0.1, 0.15) is 30.4 Å². The summed E-state index contributed by atoms with van der Waals surface area (Å²) in [5, 5.41) is 17.4. The molecular formula is C16H23NO3. The molecule has 1 rings (SSSR count). The molecule has 0 bridgehead atoms. The number of aliphatic hydroxyl groups excluding tert-OH is 1. The largest absolute Gasteiger partial charge is 0.478 e. The van der Waals surface area contributed by atoms with E-state index in [-0.39, 0.29) is 6.61 Å². The van der Waals surface area contributed by atoms with E-state index in [9.17, 15) is 4.79 Å². The third kappa shape index (κ3) is 6.50. The molecule has 0 saturated heterocycles. The van der Waals surface area contributed by atoms with Crippen molar-refractivity contribution in [1.29, 1.82) is 0 Å². The van der Waals surface area contributed by atoms with Crippen molar-refractivity contribution in [2.24, 2.45) is 0 Å². The molecule has 0 atom stereocenters. The Labute approximate surface area is 120 Å². The second-order valence-corrected chi connectivity index (χ2v) is 4.89. The minimum absolute atomic E-state index is 0.256. The number of aliphatic carboxylic acids is 1. The van der Waals surface area contributed by atoms with Crippen LogP contribution in [0.3, 0.4) is 0 Å². The maximum atomic E-state index is 10.6. The number of rotatable bonds is 9. The van der Waals surface area contributed by atoms with Crippen LogP contribution in [-0.2, 0) is 11.3 Å². The van der Waals surface area contributed by atoms with Crippen molar-refractivity contribution < 1.29 is 15.0 Å². The Morgan fingerprint density at radius 1 is 1.25 bits per heavy atom. The molecule has 0 amide bonds. The lowest BCUT2D eigenvalue weighted by molar-refractivity contribution is -0.131. The van der Waals surface area contributed by atoms with E-state index < -0.39 is 5.97 Å². The van der Waals surface area contributed by atoms with Crippen molar-refractivity contribution in [3.8, 4) is 0 Å². The van der Waals surface area contributed by atoms with E-state index in [1.807, 2.05) is 24.3 Å². The predicted octanol–water partition coefficient (Wildman–Crippen LogP) is 2.38. The van der Waals surface area contributed by atoms with Gasteiger partial charge in [0.15, 0.2) is 0 Å². The average molecular weight is 277 g/mol. The molecule has 0 unspecified atom stereocenters. The number of carboxylic acids is 1. The van der Waals surface area contributed by atoms with Gasteiger partial charge in [0.2, 0.25) is 0 Å². The summed E-state index contributed by atoms with van der Waals surface area (Å²) in [5.41, 5.74) is 2.06. The summed E-state index contributed by atoms with van der Waals surface area (Å²) in [7, 11) is 2.05. The highest BCUT2D eigenvalue weighted by atomic mass is 16.4. The second kappa shape index (κ2) is 9.28. The Hall–Kier alpha value is -1.65. The molecule has 20 heavy (non-hydrogen) atoms. The Balaban J connectivity index is 2.56. The number of aliphatic hydroxyl groups is 1. The van der Waals surface area contributed by atoms with E-state index in [1.165, 1.54) is 6.08 Å². The first kappa shape index (κ1) is 16.4. The van der Waals surface area contributed by atoms with Crippen molar-refractivity contribution in [3.63, 3.8) is 0 Å². The molecule has 1 aromatic carbocycles. The van der Waals surface area contributed by atoms with Gasteiger partial charge in [0.1, 0.15) is 0 Å². The summed E-state index contributed by atoms with van der Waals surface area (Å²) < 4.78 is 0. The molecule has 0 spiro atoms. The van der Waals surface area contributed by atoms with Gasteiger partial charge in [-0.3, -0.25) is 0 Å². The first-order valence-corrected chi connectivity index (χ1v) is 6.92. The van der Waals surface area contributed by atoms with Crippen molar-refractivity contribution in [1.82, 2.24) is 4.90 Å². The quantitative estimate of drug-likeness (QED) is 0.537. The Morgan fingerprint density at radius 3 is 2.70 bits per heavy atom. The Kier molecular flexibility index (Phi) is 7.62. The van der Waals surface area contributed by atoms with E-state index in [2.05, 4.69) is 11.9 Å². The molecule has 0 aliphatic carbocycles. The molecule has 0 saturated carbocycles. The first-order chi connectivity index (χ1) is 9.63. The fraction of sp³-hybridized carbons (Fsp3) is 0.438. The lowest BCUT2D eigenvalue weighted by atomic mass is 10.1. The monoisotopic (exact) mass is 277 g/mol. The van der Waals surface area contributed by atoms with E-state index in [0.29, 0.717) is 0 Å². The Morgan fingerprint density at radius 2 is 2.00 bits per heavy atom. The standard InChI is InChI=1S/C16H23NO3/c1-17(11-5-2-6-12-18)13-15-8-4-3-7-14(15)9-10-16(19)20/h3-4,7-10,18H,2,5-6,11-13H2,1H3,(H,19,20)/b10-9+. The smallest absolute Gasteiger partial charge is 0.328 e. The lowest BCUT2D eigenvalue weighted by Gasteiger charge is -2.18. The van der Waals surface area contributed by atoms with Gasteiger partial charge in [-0.05, 0) is 50.1 Å². The molecule has 0 aliphatic heterocycles. The van der Waals surface area contributed by atoms with Crippen molar-refractivity contribution in [2.45, 2.75) is 25.8 Å². The number of benzene rings is 1. The maximum Gasteiger partial charge on any atom is 0.328 e. The van der Waals surface area contributed by atoms with E-state index in [4.69, 9.17) is 10.2 Å². The van der Waals surface area contributed by atoms with Crippen LogP contribution in [0.2, 0.25) is 0 Å². The highest BCUT2D eigenvalue weighted by Gasteiger charge is 2.04. The van der Waals surface area contributed by atoms with Crippen LogP contribution in [-0.4, -0.2) is 41.3 Å². The molecule has 110 valence electrons. The normalized spacial score (nSPS) is 11.3. The molecule has 0 radical (unpaired) electrons. The third-order valence-corrected chi connectivity index (χ3v) is 3.10. The lowest BCUT2D eigenvalue weighted by Crippen LogP contribution is -2.19. The molecule has 0 aliphatic rings. The highest BCUT2D eigenvalue weighted by molar-refractivity contribution is 5.85.